The fraction of sp³-hybridized carbons (Fsp3) is 0. The zero-order valence-electron chi connectivity index (χ0n) is 18.4. The van der Waals surface area contributed by atoms with E-state index in [0.717, 1.165) is 11.1 Å². The number of nitrogens with zero attached hydrogens (tertiary/aromatic N) is 1. The molecule has 6 rings (SSSR count). The minimum absolute atomic E-state index is 0.603. The molecule has 0 spiro atoms. The molecule has 0 fully saturated rings. The van der Waals surface area contributed by atoms with E-state index in [1.807, 2.05) is 24.3 Å². The number of para-hydroxylation sites is 2. The van der Waals surface area contributed by atoms with Crippen LogP contribution in [-0.2, 0) is 0 Å². The molecule has 1 heterocycles. The second kappa shape index (κ2) is 8.58. The molecule has 0 aliphatic carbocycles. The van der Waals surface area contributed by atoms with Crippen LogP contribution in [0.25, 0.3) is 49.7 Å². The maximum Gasteiger partial charge on any atom is 0.569 e. The fourth-order valence-electron chi connectivity index (χ4n) is 4.65. The normalized spacial score (nSPS) is 11.1. The highest BCUT2D eigenvalue weighted by atomic mass is 16.5. The Morgan fingerprint density at radius 3 is 1.79 bits per heavy atom. The number of hydrogen-bond donors (Lipinski definition) is 1. The Kier molecular flexibility index (Phi) is 5.13. The van der Waals surface area contributed by atoms with Crippen molar-refractivity contribution in [2.24, 2.45) is 0 Å². The van der Waals surface area contributed by atoms with Crippen molar-refractivity contribution < 1.29 is 9.68 Å². The van der Waals surface area contributed by atoms with Crippen LogP contribution in [0.1, 0.15) is 0 Å². The van der Waals surface area contributed by atoms with Crippen molar-refractivity contribution in [3.8, 4) is 33.7 Å². The quantitative estimate of drug-likeness (QED) is 0.294. The maximum atomic E-state index is 8.78. The van der Waals surface area contributed by atoms with Gasteiger partial charge in [0, 0.05) is 16.5 Å². The van der Waals surface area contributed by atoms with Gasteiger partial charge in [-0.2, -0.15) is 0 Å². The summed E-state index contributed by atoms with van der Waals surface area (Å²) in [7, 11) is 0.692. The van der Waals surface area contributed by atoms with E-state index in [0.29, 0.717) is 13.4 Å². The second-order valence-corrected chi connectivity index (χ2v) is 8.25. The Morgan fingerprint density at radius 1 is 0.529 bits per heavy atom. The molecule has 1 N–H and O–H groups in total. The van der Waals surface area contributed by atoms with Crippen molar-refractivity contribution in [3.63, 3.8) is 0 Å². The zero-order chi connectivity index (χ0) is 22.9. The molecule has 1 radical (unpaired) electrons. The van der Waals surface area contributed by atoms with Crippen LogP contribution in [-0.4, -0.2) is 17.3 Å². The average Bonchev–Trinajstić information content (AvgIpc) is 3.24. The summed E-state index contributed by atoms with van der Waals surface area (Å²) in [6, 6.07) is 42.1. The van der Waals surface area contributed by atoms with E-state index in [4.69, 9.17) is 9.68 Å². The van der Waals surface area contributed by atoms with Gasteiger partial charge >= 0.3 is 7.69 Å². The van der Waals surface area contributed by atoms with Gasteiger partial charge in [-0.15, -0.1) is 0 Å². The molecule has 0 unspecified atom stereocenters. The van der Waals surface area contributed by atoms with Gasteiger partial charge in [-0.05, 0) is 64.7 Å². The molecule has 0 amide bonds. The molecule has 34 heavy (non-hydrogen) atoms. The average molecular weight is 438 g/mol. The molecular formula is C30H21BNO2. The molecule has 161 valence electrons. The van der Waals surface area contributed by atoms with Crippen LogP contribution in [0.3, 0.4) is 0 Å². The molecule has 0 aliphatic heterocycles. The minimum Gasteiger partial charge on any atom is -0.537 e. The Morgan fingerprint density at radius 2 is 1.09 bits per heavy atom. The molecule has 6 aromatic rings. The van der Waals surface area contributed by atoms with Crippen molar-refractivity contribution >= 4 is 29.5 Å². The van der Waals surface area contributed by atoms with E-state index >= 15 is 0 Å². The van der Waals surface area contributed by atoms with Crippen LogP contribution in [0.15, 0.2) is 121 Å². The van der Waals surface area contributed by atoms with Gasteiger partial charge in [-0.25, -0.2) is 0 Å². The first-order chi connectivity index (χ1) is 16.8. The van der Waals surface area contributed by atoms with Crippen molar-refractivity contribution in [1.82, 2.24) is 4.57 Å². The van der Waals surface area contributed by atoms with Crippen LogP contribution in [0.4, 0.5) is 0 Å². The van der Waals surface area contributed by atoms with Crippen molar-refractivity contribution in [1.29, 1.82) is 0 Å². The van der Waals surface area contributed by atoms with Gasteiger partial charge in [-0.1, -0.05) is 78.9 Å². The highest BCUT2D eigenvalue weighted by Gasteiger charge is 2.13. The lowest BCUT2D eigenvalue weighted by Gasteiger charge is -2.09. The topological polar surface area (TPSA) is 34.4 Å². The van der Waals surface area contributed by atoms with Crippen LogP contribution in [0.2, 0.25) is 0 Å². The first kappa shape index (κ1) is 20.3. The van der Waals surface area contributed by atoms with E-state index < -0.39 is 0 Å². The van der Waals surface area contributed by atoms with Crippen LogP contribution in [0, 0.1) is 0 Å². The first-order valence-corrected chi connectivity index (χ1v) is 11.2. The van der Waals surface area contributed by atoms with E-state index in [1.165, 1.54) is 38.6 Å². The fourth-order valence-corrected chi connectivity index (χ4v) is 4.65. The lowest BCUT2D eigenvalue weighted by atomic mass is 9.99. The Balaban J connectivity index is 1.41. The third-order valence-corrected chi connectivity index (χ3v) is 6.28. The molecule has 1 aromatic heterocycles. The summed E-state index contributed by atoms with van der Waals surface area (Å²) < 4.78 is 7.33. The molecule has 0 atom stereocenters. The molecular weight excluding hydrogens is 417 g/mol. The molecule has 4 heteroatoms. The third-order valence-electron chi connectivity index (χ3n) is 6.28. The smallest absolute Gasteiger partial charge is 0.537 e. The standard InChI is InChI=1S/C30H21BNO2/c33-31-34-26-17-14-22(15-18-26)21-10-12-23(13-11-21)24-16-19-30-28(20-24)27-8-4-5-9-29(27)32(30)25-6-2-1-3-7-25/h1-20,33H. The summed E-state index contributed by atoms with van der Waals surface area (Å²) >= 11 is 0. The van der Waals surface area contributed by atoms with Crippen molar-refractivity contribution in [3.05, 3.63) is 121 Å². The maximum absolute atomic E-state index is 8.78. The highest BCUT2D eigenvalue weighted by Crippen LogP contribution is 2.35. The van der Waals surface area contributed by atoms with Crippen molar-refractivity contribution in [2.75, 3.05) is 0 Å². The molecule has 5 aromatic carbocycles. The largest absolute Gasteiger partial charge is 0.569 e. The third kappa shape index (κ3) is 3.55. The van der Waals surface area contributed by atoms with Gasteiger partial charge in [-0.3, -0.25) is 0 Å². The van der Waals surface area contributed by atoms with Gasteiger partial charge in [0.25, 0.3) is 0 Å². The highest BCUT2D eigenvalue weighted by molar-refractivity contribution is 6.17. The lowest BCUT2D eigenvalue weighted by molar-refractivity contribution is 0.454. The van der Waals surface area contributed by atoms with Gasteiger partial charge < -0.3 is 14.2 Å². The van der Waals surface area contributed by atoms with Gasteiger partial charge in [0.15, 0.2) is 0 Å². The van der Waals surface area contributed by atoms with Gasteiger partial charge in [0.05, 0.1) is 11.0 Å². The number of aromatic nitrogens is 1. The summed E-state index contributed by atoms with van der Waals surface area (Å²) in [5.74, 6) is 0.603. The van der Waals surface area contributed by atoms with E-state index in [2.05, 4.69) is 102 Å². The van der Waals surface area contributed by atoms with E-state index in [9.17, 15) is 0 Å². The second-order valence-electron chi connectivity index (χ2n) is 8.25. The molecule has 0 aliphatic rings. The summed E-state index contributed by atoms with van der Waals surface area (Å²) in [4.78, 5) is 0. The van der Waals surface area contributed by atoms with E-state index in [1.54, 1.807) is 0 Å². The summed E-state index contributed by atoms with van der Waals surface area (Å²) in [5.41, 5.74) is 8.18. The monoisotopic (exact) mass is 438 g/mol. The predicted molar refractivity (Wildman–Crippen MR) is 140 cm³/mol. The SMILES string of the molecule is O[B]Oc1ccc(-c2ccc(-c3ccc4c(c3)c3ccccc3n4-c3ccccc3)cc2)cc1. The van der Waals surface area contributed by atoms with Gasteiger partial charge in [0.1, 0.15) is 5.75 Å². The van der Waals surface area contributed by atoms with Crippen LogP contribution in [0.5, 0.6) is 5.75 Å². The van der Waals surface area contributed by atoms with Gasteiger partial charge in [0.2, 0.25) is 0 Å². The zero-order valence-corrected chi connectivity index (χ0v) is 18.4. The van der Waals surface area contributed by atoms with Crippen LogP contribution < -0.4 is 4.65 Å². The number of fused-ring (bicyclic) bond motifs is 3. The number of hydrogen-bond acceptors (Lipinski definition) is 2. The molecule has 3 nitrogen and oxygen atoms in total. The van der Waals surface area contributed by atoms with Crippen LogP contribution >= 0.6 is 0 Å². The molecule has 0 bridgehead atoms. The number of rotatable bonds is 5. The summed E-state index contributed by atoms with van der Waals surface area (Å²) in [6.07, 6.45) is 0. The predicted octanol–water partition coefficient (Wildman–Crippen LogP) is 7.02. The van der Waals surface area contributed by atoms with Crippen molar-refractivity contribution in [2.45, 2.75) is 0 Å². The summed E-state index contributed by atoms with van der Waals surface area (Å²) in [6.45, 7) is 0. The Labute approximate surface area is 198 Å². The summed E-state index contributed by atoms with van der Waals surface area (Å²) in [5, 5.41) is 11.3. The minimum atomic E-state index is 0.603. The number of benzene rings is 5. The Hall–Kier alpha value is -4.28. The first-order valence-electron chi connectivity index (χ1n) is 11.2. The Bertz CT molecular complexity index is 1590. The van der Waals surface area contributed by atoms with E-state index in [-0.39, 0.29) is 0 Å². The lowest BCUT2D eigenvalue weighted by Crippen LogP contribution is -1.99. The molecule has 0 saturated carbocycles. The molecule has 0 saturated heterocycles.